The molecule has 0 saturated heterocycles. The summed E-state index contributed by atoms with van der Waals surface area (Å²) in [4.78, 5) is 11.9. The van der Waals surface area contributed by atoms with Gasteiger partial charge >= 0.3 is 5.97 Å². The fraction of sp³-hybridized carbons (Fsp3) is 0.381. The highest BCUT2D eigenvalue weighted by molar-refractivity contribution is 5.74. The first-order chi connectivity index (χ1) is 12.5. The molecule has 0 bridgehead atoms. The van der Waals surface area contributed by atoms with Gasteiger partial charge in [-0.3, -0.25) is 10.1 Å². The molecule has 26 heavy (non-hydrogen) atoms. The van der Waals surface area contributed by atoms with Gasteiger partial charge in [0.15, 0.2) is 0 Å². The lowest BCUT2D eigenvalue weighted by Gasteiger charge is -2.35. The van der Waals surface area contributed by atoms with Crippen LogP contribution in [0, 0.1) is 5.92 Å². The Kier molecular flexibility index (Phi) is 5.67. The monoisotopic (exact) mass is 359 g/mol. The third-order valence-electron chi connectivity index (χ3n) is 5.03. The first kappa shape index (κ1) is 18.5. The minimum absolute atomic E-state index is 0.156. The van der Waals surface area contributed by atoms with Crippen LogP contribution in [0.2, 0.25) is 0 Å². The SMILES string of the molecule is O=C(O)C(NC(c1ccccc1)c1ccccc1)[C@H]1CCCC(F)(F)C1. The maximum atomic E-state index is 13.8. The highest BCUT2D eigenvalue weighted by Crippen LogP contribution is 2.39. The summed E-state index contributed by atoms with van der Waals surface area (Å²) in [6.07, 6.45) is 0.310. The molecule has 2 aromatic rings. The average molecular weight is 359 g/mol. The average Bonchev–Trinajstić information content (AvgIpc) is 2.63. The molecule has 0 amide bonds. The van der Waals surface area contributed by atoms with Crippen LogP contribution in [0.3, 0.4) is 0 Å². The van der Waals surface area contributed by atoms with E-state index in [1.54, 1.807) is 0 Å². The normalized spacial score (nSPS) is 20.7. The predicted molar refractivity (Wildman–Crippen MR) is 96.2 cm³/mol. The summed E-state index contributed by atoms with van der Waals surface area (Å²) < 4.78 is 27.7. The molecule has 1 aliphatic rings. The molecular weight excluding hydrogens is 336 g/mol. The van der Waals surface area contributed by atoms with Crippen LogP contribution in [0.1, 0.15) is 42.9 Å². The Morgan fingerprint density at radius 2 is 1.58 bits per heavy atom. The van der Waals surface area contributed by atoms with Crippen LogP contribution in [-0.2, 0) is 4.79 Å². The van der Waals surface area contributed by atoms with Crippen LogP contribution in [0.25, 0.3) is 0 Å². The molecule has 2 N–H and O–H groups in total. The minimum Gasteiger partial charge on any atom is -0.480 e. The highest BCUT2D eigenvalue weighted by atomic mass is 19.3. The van der Waals surface area contributed by atoms with Crippen molar-refractivity contribution < 1.29 is 18.7 Å². The quantitative estimate of drug-likeness (QED) is 0.790. The van der Waals surface area contributed by atoms with E-state index < -0.39 is 23.9 Å². The Labute approximate surface area is 152 Å². The Morgan fingerprint density at radius 1 is 1.04 bits per heavy atom. The molecule has 1 saturated carbocycles. The molecule has 1 fully saturated rings. The zero-order valence-corrected chi connectivity index (χ0v) is 14.4. The number of carboxylic acid groups (broad SMARTS) is 1. The highest BCUT2D eigenvalue weighted by Gasteiger charge is 2.42. The zero-order valence-electron chi connectivity index (χ0n) is 14.4. The van der Waals surface area contributed by atoms with E-state index in [0.29, 0.717) is 12.8 Å². The molecular formula is C21H23F2NO2. The van der Waals surface area contributed by atoms with E-state index in [1.165, 1.54) is 0 Å². The lowest BCUT2D eigenvalue weighted by molar-refractivity contribution is -0.143. The van der Waals surface area contributed by atoms with Gasteiger partial charge in [-0.25, -0.2) is 8.78 Å². The van der Waals surface area contributed by atoms with E-state index in [0.717, 1.165) is 11.1 Å². The molecule has 5 heteroatoms. The summed E-state index contributed by atoms with van der Waals surface area (Å²) in [7, 11) is 0. The van der Waals surface area contributed by atoms with Gasteiger partial charge in [0.1, 0.15) is 6.04 Å². The summed E-state index contributed by atoms with van der Waals surface area (Å²) in [5, 5.41) is 12.9. The topological polar surface area (TPSA) is 49.3 Å². The molecule has 0 aliphatic heterocycles. The van der Waals surface area contributed by atoms with Crippen LogP contribution < -0.4 is 5.32 Å². The van der Waals surface area contributed by atoms with E-state index in [4.69, 9.17) is 0 Å². The van der Waals surface area contributed by atoms with Gasteiger partial charge in [-0.15, -0.1) is 0 Å². The zero-order chi connectivity index (χ0) is 18.6. The van der Waals surface area contributed by atoms with Crippen molar-refractivity contribution in [1.29, 1.82) is 0 Å². The molecule has 0 aromatic heterocycles. The number of carboxylic acids is 1. The van der Waals surface area contributed by atoms with Crippen LogP contribution in [0.5, 0.6) is 0 Å². The van der Waals surface area contributed by atoms with E-state index in [2.05, 4.69) is 5.32 Å². The second kappa shape index (κ2) is 7.96. The van der Waals surface area contributed by atoms with Gasteiger partial charge in [0.05, 0.1) is 6.04 Å². The van der Waals surface area contributed by atoms with Gasteiger partial charge in [-0.1, -0.05) is 60.7 Å². The second-order valence-electron chi connectivity index (χ2n) is 6.95. The maximum absolute atomic E-state index is 13.8. The van der Waals surface area contributed by atoms with E-state index in [1.807, 2.05) is 60.7 Å². The fourth-order valence-corrected chi connectivity index (χ4v) is 3.76. The van der Waals surface area contributed by atoms with Gasteiger partial charge in [0.25, 0.3) is 0 Å². The second-order valence-corrected chi connectivity index (χ2v) is 6.95. The molecule has 1 aliphatic carbocycles. The standard InChI is InChI=1S/C21H23F2NO2/c22-21(23)13-7-12-17(14-21)19(20(25)26)24-18(15-8-3-1-4-9-15)16-10-5-2-6-11-16/h1-6,8-11,17-19,24H,7,12-14H2,(H,25,26)/t17-,19?/m0/s1. The molecule has 138 valence electrons. The van der Waals surface area contributed by atoms with Crippen molar-refractivity contribution in [3.63, 3.8) is 0 Å². The van der Waals surface area contributed by atoms with Gasteiger partial charge in [-0.05, 0) is 29.9 Å². The van der Waals surface area contributed by atoms with E-state index in [-0.39, 0.29) is 18.9 Å². The molecule has 3 nitrogen and oxygen atoms in total. The molecule has 0 radical (unpaired) electrons. The maximum Gasteiger partial charge on any atom is 0.321 e. The summed E-state index contributed by atoms with van der Waals surface area (Å²) in [5.41, 5.74) is 1.82. The lowest BCUT2D eigenvalue weighted by atomic mass is 9.81. The number of carbonyl (C=O) groups is 1. The van der Waals surface area contributed by atoms with Gasteiger partial charge in [0, 0.05) is 12.8 Å². The Balaban J connectivity index is 1.89. The van der Waals surface area contributed by atoms with Crippen LogP contribution >= 0.6 is 0 Å². The van der Waals surface area contributed by atoms with Crippen LogP contribution in [0.15, 0.2) is 60.7 Å². The number of aliphatic carboxylic acids is 1. The van der Waals surface area contributed by atoms with Crippen molar-refractivity contribution in [1.82, 2.24) is 5.32 Å². The first-order valence-corrected chi connectivity index (χ1v) is 8.93. The van der Waals surface area contributed by atoms with Crippen molar-refractivity contribution in [2.24, 2.45) is 5.92 Å². The number of hydrogen-bond acceptors (Lipinski definition) is 2. The Morgan fingerprint density at radius 3 is 2.04 bits per heavy atom. The molecule has 0 heterocycles. The number of halogens is 2. The summed E-state index contributed by atoms with van der Waals surface area (Å²) >= 11 is 0. The number of rotatable bonds is 6. The van der Waals surface area contributed by atoms with E-state index >= 15 is 0 Å². The third kappa shape index (κ3) is 4.47. The third-order valence-corrected chi connectivity index (χ3v) is 5.03. The summed E-state index contributed by atoms with van der Waals surface area (Å²) in [6.45, 7) is 0. The van der Waals surface area contributed by atoms with Crippen molar-refractivity contribution in [2.75, 3.05) is 0 Å². The Hall–Kier alpha value is -2.27. The largest absolute Gasteiger partial charge is 0.480 e. The van der Waals surface area contributed by atoms with Crippen LogP contribution in [0.4, 0.5) is 8.78 Å². The van der Waals surface area contributed by atoms with Crippen molar-refractivity contribution in [3.05, 3.63) is 71.8 Å². The van der Waals surface area contributed by atoms with Crippen molar-refractivity contribution in [3.8, 4) is 0 Å². The molecule has 3 rings (SSSR count). The number of benzene rings is 2. The number of alkyl halides is 2. The minimum atomic E-state index is -2.78. The number of nitrogens with one attached hydrogen (secondary N) is 1. The fourth-order valence-electron chi connectivity index (χ4n) is 3.76. The van der Waals surface area contributed by atoms with Crippen molar-refractivity contribution >= 4 is 5.97 Å². The van der Waals surface area contributed by atoms with Gasteiger partial charge < -0.3 is 5.11 Å². The molecule has 2 aromatic carbocycles. The first-order valence-electron chi connectivity index (χ1n) is 8.93. The molecule has 2 atom stereocenters. The van der Waals surface area contributed by atoms with E-state index in [9.17, 15) is 18.7 Å². The lowest BCUT2D eigenvalue weighted by Crippen LogP contribution is -2.47. The molecule has 1 unspecified atom stereocenters. The van der Waals surface area contributed by atoms with Crippen molar-refractivity contribution in [2.45, 2.75) is 43.7 Å². The Bertz CT molecular complexity index is 682. The molecule has 0 spiro atoms. The predicted octanol–water partition coefficient (Wildman–Crippen LogP) is 4.64. The van der Waals surface area contributed by atoms with Crippen LogP contribution in [-0.4, -0.2) is 23.0 Å². The smallest absolute Gasteiger partial charge is 0.321 e. The summed E-state index contributed by atoms with van der Waals surface area (Å²) in [5.74, 6) is -4.46. The summed E-state index contributed by atoms with van der Waals surface area (Å²) in [6, 6.07) is 17.6. The van der Waals surface area contributed by atoms with Gasteiger partial charge in [-0.2, -0.15) is 0 Å². The number of hydrogen-bond donors (Lipinski definition) is 2. The van der Waals surface area contributed by atoms with Gasteiger partial charge in [0.2, 0.25) is 5.92 Å².